The molecular weight excluding hydrogens is 268 g/mol. The van der Waals surface area contributed by atoms with E-state index in [2.05, 4.69) is 28.0 Å². The first-order chi connectivity index (χ1) is 7.43. The molecular formula is C12H21BrN2O. The number of hydrogen-bond donors (Lipinski definition) is 1. The highest BCUT2D eigenvalue weighted by atomic mass is 79.9. The van der Waals surface area contributed by atoms with Crippen molar-refractivity contribution in [1.29, 1.82) is 0 Å². The van der Waals surface area contributed by atoms with Gasteiger partial charge in [-0.1, -0.05) is 20.3 Å². The van der Waals surface area contributed by atoms with Crippen molar-refractivity contribution in [2.75, 3.05) is 0 Å². The van der Waals surface area contributed by atoms with Crippen molar-refractivity contribution in [3.05, 3.63) is 15.9 Å². The Hall–Kier alpha value is -0.350. The lowest BCUT2D eigenvalue weighted by Gasteiger charge is -2.26. The van der Waals surface area contributed by atoms with Crippen molar-refractivity contribution in [1.82, 2.24) is 9.78 Å². The van der Waals surface area contributed by atoms with E-state index in [0.717, 1.165) is 35.1 Å². The fourth-order valence-electron chi connectivity index (χ4n) is 2.04. The van der Waals surface area contributed by atoms with Crippen molar-refractivity contribution in [3.8, 4) is 0 Å². The van der Waals surface area contributed by atoms with Crippen LogP contribution in [0.15, 0.2) is 4.47 Å². The Kier molecular flexibility index (Phi) is 4.56. The summed E-state index contributed by atoms with van der Waals surface area (Å²) in [7, 11) is 1.93. The van der Waals surface area contributed by atoms with Crippen LogP contribution in [0, 0.1) is 6.92 Å². The minimum absolute atomic E-state index is 0.600. The molecule has 0 aliphatic rings. The molecule has 0 amide bonds. The third-order valence-electron chi connectivity index (χ3n) is 3.13. The van der Waals surface area contributed by atoms with Crippen LogP contribution < -0.4 is 0 Å². The first-order valence-electron chi connectivity index (χ1n) is 5.84. The molecule has 0 spiro atoms. The first-order valence-corrected chi connectivity index (χ1v) is 6.63. The van der Waals surface area contributed by atoms with Crippen LogP contribution in [0.1, 0.15) is 44.5 Å². The lowest BCUT2D eigenvalue weighted by molar-refractivity contribution is 0.0252. The molecule has 0 bridgehead atoms. The predicted octanol–water partition coefficient (Wildman–Crippen LogP) is 2.97. The molecule has 1 aromatic rings. The van der Waals surface area contributed by atoms with Gasteiger partial charge in [0.2, 0.25) is 0 Å². The molecule has 92 valence electrons. The zero-order valence-electron chi connectivity index (χ0n) is 10.5. The number of aliphatic hydroxyl groups is 1. The highest BCUT2D eigenvalue weighted by Gasteiger charge is 2.27. The van der Waals surface area contributed by atoms with Crippen molar-refractivity contribution >= 4 is 15.9 Å². The molecule has 0 aliphatic carbocycles. The normalized spacial score (nSPS) is 15.1. The fraction of sp³-hybridized carbons (Fsp3) is 0.750. The van der Waals surface area contributed by atoms with E-state index in [9.17, 15) is 5.11 Å². The molecule has 1 unspecified atom stereocenters. The molecule has 1 aromatic heterocycles. The average molecular weight is 289 g/mol. The van der Waals surface area contributed by atoms with Crippen LogP contribution >= 0.6 is 15.9 Å². The number of nitrogens with zero attached hydrogens (tertiary/aromatic N) is 2. The Labute approximate surface area is 106 Å². The summed E-state index contributed by atoms with van der Waals surface area (Å²) in [4.78, 5) is 0. The van der Waals surface area contributed by atoms with Gasteiger partial charge in [-0.3, -0.25) is 4.68 Å². The molecule has 0 aromatic carbocycles. The second-order valence-electron chi connectivity index (χ2n) is 4.47. The number of halogens is 1. The van der Waals surface area contributed by atoms with E-state index in [1.165, 1.54) is 0 Å². The first kappa shape index (κ1) is 13.7. The van der Waals surface area contributed by atoms with Gasteiger partial charge < -0.3 is 5.11 Å². The van der Waals surface area contributed by atoms with Crippen molar-refractivity contribution in [3.63, 3.8) is 0 Å². The maximum Gasteiger partial charge on any atom is 0.0738 e. The highest BCUT2D eigenvalue weighted by Crippen LogP contribution is 2.28. The van der Waals surface area contributed by atoms with E-state index in [0.29, 0.717) is 6.42 Å². The standard InChI is InChI=1S/C12H21BrN2O/c1-5-7-12(16,6-2)8-10-11(13)9(3)14-15(10)4/h16H,5-8H2,1-4H3. The Morgan fingerprint density at radius 2 is 2.06 bits per heavy atom. The highest BCUT2D eigenvalue weighted by molar-refractivity contribution is 9.10. The molecule has 1 atom stereocenters. The molecule has 0 saturated heterocycles. The van der Waals surface area contributed by atoms with E-state index in [1.54, 1.807) is 0 Å². The van der Waals surface area contributed by atoms with Crippen LogP contribution in [0.4, 0.5) is 0 Å². The fourth-order valence-corrected chi connectivity index (χ4v) is 2.52. The average Bonchev–Trinajstić information content (AvgIpc) is 2.46. The Balaban J connectivity index is 2.93. The van der Waals surface area contributed by atoms with Gasteiger partial charge in [0.25, 0.3) is 0 Å². The van der Waals surface area contributed by atoms with E-state index in [4.69, 9.17) is 0 Å². The zero-order valence-corrected chi connectivity index (χ0v) is 12.1. The summed E-state index contributed by atoms with van der Waals surface area (Å²) < 4.78 is 2.88. The van der Waals surface area contributed by atoms with Crippen LogP contribution in [-0.2, 0) is 13.5 Å². The largest absolute Gasteiger partial charge is 0.389 e. The van der Waals surface area contributed by atoms with Gasteiger partial charge in [-0.25, -0.2) is 0 Å². The summed E-state index contributed by atoms with van der Waals surface area (Å²) in [5.41, 5.74) is 1.46. The topological polar surface area (TPSA) is 38.1 Å². The van der Waals surface area contributed by atoms with Gasteiger partial charge >= 0.3 is 0 Å². The van der Waals surface area contributed by atoms with Crippen LogP contribution in [0.5, 0.6) is 0 Å². The number of aryl methyl sites for hydroxylation is 2. The van der Waals surface area contributed by atoms with Crippen LogP contribution in [0.3, 0.4) is 0 Å². The molecule has 3 nitrogen and oxygen atoms in total. The Bertz CT molecular complexity index is 362. The summed E-state index contributed by atoms with van der Waals surface area (Å²) in [5.74, 6) is 0. The van der Waals surface area contributed by atoms with Gasteiger partial charge in [0.1, 0.15) is 0 Å². The molecule has 16 heavy (non-hydrogen) atoms. The molecule has 0 aliphatic heterocycles. The Morgan fingerprint density at radius 3 is 2.44 bits per heavy atom. The van der Waals surface area contributed by atoms with Gasteiger partial charge in [-0.2, -0.15) is 5.10 Å². The molecule has 0 radical (unpaired) electrons. The monoisotopic (exact) mass is 288 g/mol. The quantitative estimate of drug-likeness (QED) is 0.905. The Morgan fingerprint density at radius 1 is 1.44 bits per heavy atom. The van der Waals surface area contributed by atoms with Crippen LogP contribution in [-0.4, -0.2) is 20.5 Å². The third kappa shape index (κ3) is 2.86. The molecule has 1 heterocycles. The smallest absolute Gasteiger partial charge is 0.0738 e. The van der Waals surface area contributed by atoms with E-state index in [1.807, 2.05) is 25.6 Å². The third-order valence-corrected chi connectivity index (χ3v) is 4.16. The van der Waals surface area contributed by atoms with Gasteiger partial charge in [0.05, 0.1) is 21.5 Å². The summed E-state index contributed by atoms with van der Waals surface area (Å²) in [5, 5.41) is 14.8. The van der Waals surface area contributed by atoms with Gasteiger partial charge in [-0.05, 0) is 35.7 Å². The molecule has 0 fully saturated rings. The minimum Gasteiger partial charge on any atom is -0.389 e. The van der Waals surface area contributed by atoms with E-state index in [-0.39, 0.29) is 0 Å². The lowest BCUT2D eigenvalue weighted by atomic mass is 9.90. The van der Waals surface area contributed by atoms with E-state index < -0.39 is 5.60 Å². The van der Waals surface area contributed by atoms with Gasteiger partial charge in [0, 0.05) is 13.5 Å². The van der Waals surface area contributed by atoms with Crippen LogP contribution in [0.25, 0.3) is 0 Å². The maximum absolute atomic E-state index is 10.5. The van der Waals surface area contributed by atoms with Crippen LogP contribution in [0.2, 0.25) is 0 Å². The van der Waals surface area contributed by atoms with Crippen molar-refractivity contribution in [2.45, 2.75) is 52.1 Å². The summed E-state index contributed by atoms with van der Waals surface area (Å²) >= 11 is 3.54. The second-order valence-corrected chi connectivity index (χ2v) is 5.27. The summed E-state index contributed by atoms with van der Waals surface area (Å²) in [6, 6.07) is 0. The molecule has 4 heteroatoms. The molecule has 1 N–H and O–H groups in total. The number of rotatable bonds is 5. The van der Waals surface area contributed by atoms with Crippen molar-refractivity contribution < 1.29 is 5.11 Å². The van der Waals surface area contributed by atoms with Gasteiger partial charge in [0.15, 0.2) is 0 Å². The SMILES string of the molecule is CCCC(O)(CC)Cc1c(Br)c(C)nn1C. The number of hydrogen-bond acceptors (Lipinski definition) is 2. The second kappa shape index (κ2) is 5.32. The molecule has 0 saturated carbocycles. The van der Waals surface area contributed by atoms with Crippen molar-refractivity contribution in [2.24, 2.45) is 7.05 Å². The minimum atomic E-state index is -0.600. The maximum atomic E-state index is 10.5. The summed E-state index contributed by atoms with van der Waals surface area (Å²) in [6.45, 7) is 6.11. The predicted molar refractivity (Wildman–Crippen MR) is 69.5 cm³/mol. The summed E-state index contributed by atoms with van der Waals surface area (Å²) in [6.07, 6.45) is 3.27. The van der Waals surface area contributed by atoms with Gasteiger partial charge in [-0.15, -0.1) is 0 Å². The zero-order chi connectivity index (χ0) is 12.3. The lowest BCUT2D eigenvalue weighted by Crippen LogP contribution is -2.31. The van der Waals surface area contributed by atoms with E-state index >= 15 is 0 Å². The number of aromatic nitrogens is 2. The molecule has 1 rings (SSSR count).